The first-order valence-electron chi connectivity index (χ1n) is 15.7. The predicted octanol–water partition coefficient (Wildman–Crippen LogP) is 9.74. The van der Waals surface area contributed by atoms with E-state index in [0.717, 1.165) is 21.6 Å². The molecule has 1 aliphatic carbocycles. The van der Waals surface area contributed by atoms with Crippen LogP contribution < -0.4 is 20.8 Å². The third kappa shape index (κ3) is 3.99. The average Bonchev–Trinajstić information content (AvgIpc) is 3.30. The Kier molecular flexibility index (Phi) is 6.15. The number of nitrogens with zero attached hydrogens (tertiary/aromatic N) is 1. The van der Waals surface area contributed by atoms with E-state index in [9.17, 15) is 0 Å². The largest absolute Gasteiger partial charge is 0.310 e. The maximum atomic E-state index is 15.3. The minimum Gasteiger partial charge on any atom is -0.310 e. The lowest BCUT2D eigenvalue weighted by Gasteiger charge is -2.42. The molecule has 0 amide bonds. The van der Waals surface area contributed by atoms with Gasteiger partial charge in [-0.15, -0.1) is 0 Å². The van der Waals surface area contributed by atoms with E-state index in [2.05, 4.69) is 118 Å². The van der Waals surface area contributed by atoms with E-state index in [4.69, 9.17) is 0 Å². The SMILES string of the molecule is CC1(C)c2ccc(N3c4ccccc4C(C)(C)c4ccccc43)cc2-c2cc(P(=O)(c3ccccc3)c3ccccc3)ccc21. The van der Waals surface area contributed by atoms with Crippen molar-refractivity contribution in [2.75, 3.05) is 4.90 Å². The van der Waals surface area contributed by atoms with Gasteiger partial charge in [-0.05, 0) is 63.7 Å². The van der Waals surface area contributed by atoms with Gasteiger partial charge < -0.3 is 9.46 Å². The summed E-state index contributed by atoms with van der Waals surface area (Å²) in [6.07, 6.45) is 0. The zero-order valence-corrected chi connectivity index (χ0v) is 27.1. The van der Waals surface area contributed by atoms with Crippen LogP contribution in [-0.4, -0.2) is 0 Å². The molecule has 0 unspecified atom stereocenters. The zero-order valence-electron chi connectivity index (χ0n) is 26.2. The summed E-state index contributed by atoms with van der Waals surface area (Å²) in [4.78, 5) is 2.42. The van der Waals surface area contributed by atoms with Crippen LogP contribution in [0.2, 0.25) is 0 Å². The molecule has 2 nitrogen and oxygen atoms in total. The molecule has 6 aromatic carbocycles. The van der Waals surface area contributed by atoms with Gasteiger partial charge >= 0.3 is 0 Å². The van der Waals surface area contributed by atoms with E-state index < -0.39 is 7.14 Å². The Bertz CT molecular complexity index is 2050. The van der Waals surface area contributed by atoms with Gasteiger partial charge in [-0.1, -0.05) is 143 Å². The Hall–Kier alpha value is -4.65. The molecule has 0 bridgehead atoms. The van der Waals surface area contributed by atoms with Crippen LogP contribution in [0.3, 0.4) is 0 Å². The summed E-state index contributed by atoms with van der Waals surface area (Å²) >= 11 is 0. The van der Waals surface area contributed by atoms with Gasteiger partial charge in [0.2, 0.25) is 0 Å². The molecule has 0 N–H and O–H groups in total. The molecule has 45 heavy (non-hydrogen) atoms. The number of hydrogen-bond acceptors (Lipinski definition) is 2. The van der Waals surface area contributed by atoms with Crippen LogP contribution in [0.1, 0.15) is 49.9 Å². The zero-order chi connectivity index (χ0) is 31.0. The third-order valence-electron chi connectivity index (χ3n) is 10.1. The fourth-order valence-electron chi connectivity index (χ4n) is 7.75. The maximum Gasteiger partial charge on any atom is 0.171 e. The first-order valence-corrected chi connectivity index (χ1v) is 17.4. The van der Waals surface area contributed by atoms with Crippen LogP contribution in [0.15, 0.2) is 146 Å². The fraction of sp³-hybridized carbons (Fsp3) is 0.143. The standard InChI is InChI=1S/C42H36NOP/c1-41(2)35-25-23-29(43-39-21-13-11-19-37(39)42(3,4)38-20-12-14-22-40(38)43)27-33(35)34-28-32(24-26-36(34)41)45(44,30-15-7-5-8-16-30)31-17-9-6-10-18-31/h5-28H,1-4H3. The van der Waals surface area contributed by atoms with Gasteiger partial charge in [-0.2, -0.15) is 0 Å². The molecule has 6 aromatic rings. The van der Waals surface area contributed by atoms with Gasteiger partial charge in [-0.25, -0.2) is 0 Å². The summed E-state index contributed by atoms with van der Waals surface area (Å²) < 4.78 is 15.3. The molecule has 2 aliphatic rings. The van der Waals surface area contributed by atoms with Crippen molar-refractivity contribution in [3.8, 4) is 11.1 Å². The van der Waals surface area contributed by atoms with Crippen molar-refractivity contribution < 1.29 is 4.57 Å². The molecular formula is C42H36NOP. The molecule has 0 saturated heterocycles. The number of hydrogen-bond donors (Lipinski definition) is 0. The van der Waals surface area contributed by atoms with E-state index in [1.54, 1.807) is 0 Å². The number of para-hydroxylation sites is 2. The van der Waals surface area contributed by atoms with Crippen LogP contribution in [0.25, 0.3) is 11.1 Å². The molecule has 0 fully saturated rings. The second-order valence-corrected chi connectivity index (χ2v) is 16.1. The van der Waals surface area contributed by atoms with Crippen LogP contribution in [0, 0.1) is 0 Å². The molecule has 1 aliphatic heterocycles. The first kappa shape index (κ1) is 27.9. The Labute approximate surface area is 266 Å². The molecule has 0 radical (unpaired) electrons. The molecule has 3 heteroatoms. The second-order valence-electron chi connectivity index (χ2n) is 13.4. The highest BCUT2D eigenvalue weighted by molar-refractivity contribution is 7.85. The average molecular weight is 602 g/mol. The van der Waals surface area contributed by atoms with Crippen molar-refractivity contribution in [1.29, 1.82) is 0 Å². The first-order chi connectivity index (χ1) is 21.7. The maximum absolute atomic E-state index is 15.3. The lowest BCUT2D eigenvalue weighted by molar-refractivity contribution is 0.592. The van der Waals surface area contributed by atoms with Gasteiger partial charge in [0.05, 0.1) is 11.4 Å². The summed E-state index contributed by atoms with van der Waals surface area (Å²) in [6.45, 7) is 9.25. The van der Waals surface area contributed by atoms with E-state index >= 15 is 4.57 Å². The lowest BCUT2D eigenvalue weighted by atomic mass is 9.73. The molecule has 0 aromatic heterocycles. The molecule has 8 rings (SSSR count). The third-order valence-corrected chi connectivity index (χ3v) is 13.2. The summed E-state index contributed by atoms with van der Waals surface area (Å²) in [5.41, 5.74) is 10.9. The fourth-order valence-corrected chi connectivity index (χ4v) is 10.4. The molecular weight excluding hydrogens is 565 g/mol. The molecule has 0 saturated carbocycles. The van der Waals surface area contributed by atoms with E-state index in [0.29, 0.717) is 0 Å². The van der Waals surface area contributed by atoms with E-state index in [1.165, 1.54) is 44.8 Å². The van der Waals surface area contributed by atoms with Gasteiger partial charge in [0.15, 0.2) is 7.14 Å². The molecule has 1 heterocycles. The summed E-state index contributed by atoms with van der Waals surface area (Å²) in [7, 11) is -3.11. The van der Waals surface area contributed by atoms with Crippen LogP contribution >= 0.6 is 7.14 Å². The Balaban J connectivity index is 1.34. The van der Waals surface area contributed by atoms with Crippen LogP contribution in [0.5, 0.6) is 0 Å². The van der Waals surface area contributed by atoms with Crippen LogP contribution in [-0.2, 0) is 15.4 Å². The van der Waals surface area contributed by atoms with Crippen LogP contribution in [0.4, 0.5) is 17.1 Å². The second kappa shape index (κ2) is 9.93. The quantitative estimate of drug-likeness (QED) is 0.188. The van der Waals surface area contributed by atoms with Gasteiger partial charge in [-0.3, -0.25) is 0 Å². The number of fused-ring (bicyclic) bond motifs is 5. The highest BCUT2D eigenvalue weighted by Crippen LogP contribution is 2.55. The lowest BCUT2D eigenvalue weighted by Crippen LogP contribution is -2.30. The highest BCUT2D eigenvalue weighted by atomic mass is 31.2. The van der Waals surface area contributed by atoms with Crippen molar-refractivity contribution >= 4 is 40.1 Å². The monoisotopic (exact) mass is 601 g/mol. The summed E-state index contributed by atoms with van der Waals surface area (Å²) in [5, 5.41) is 2.57. The molecule has 0 atom stereocenters. The van der Waals surface area contributed by atoms with Crippen molar-refractivity contribution in [3.63, 3.8) is 0 Å². The van der Waals surface area contributed by atoms with Gasteiger partial charge in [0, 0.05) is 32.4 Å². The molecule has 0 spiro atoms. The highest BCUT2D eigenvalue weighted by Gasteiger charge is 2.40. The Morgan fingerprint density at radius 2 is 0.889 bits per heavy atom. The van der Waals surface area contributed by atoms with E-state index in [-0.39, 0.29) is 10.8 Å². The summed E-state index contributed by atoms with van der Waals surface area (Å²) in [6, 6.07) is 51.0. The number of benzene rings is 6. The van der Waals surface area contributed by atoms with E-state index in [1.807, 2.05) is 60.7 Å². The predicted molar refractivity (Wildman–Crippen MR) is 190 cm³/mol. The normalized spacial score (nSPS) is 15.5. The van der Waals surface area contributed by atoms with Crippen molar-refractivity contribution in [2.24, 2.45) is 0 Å². The topological polar surface area (TPSA) is 20.3 Å². The minimum atomic E-state index is -3.11. The Morgan fingerprint density at radius 3 is 1.44 bits per heavy atom. The van der Waals surface area contributed by atoms with Crippen molar-refractivity contribution in [1.82, 2.24) is 0 Å². The summed E-state index contributed by atoms with van der Waals surface area (Å²) in [5.74, 6) is 0. The number of rotatable bonds is 4. The number of anilines is 3. The smallest absolute Gasteiger partial charge is 0.171 e. The van der Waals surface area contributed by atoms with Crippen molar-refractivity contribution in [2.45, 2.75) is 38.5 Å². The van der Waals surface area contributed by atoms with Gasteiger partial charge in [0.25, 0.3) is 0 Å². The van der Waals surface area contributed by atoms with Gasteiger partial charge in [0.1, 0.15) is 0 Å². The molecule has 220 valence electrons. The Morgan fingerprint density at radius 1 is 0.444 bits per heavy atom. The minimum absolute atomic E-state index is 0.111. The van der Waals surface area contributed by atoms with Crippen molar-refractivity contribution in [3.05, 3.63) is 168 Å².